The molecule has 0 saturated carbocycles. The van der Waals surface area contributed by atoms with Crippen molar-refractivity contribution in [3.8, 4) is 0 Å². The number of halogens is 1. The van der Waals surface area contributed by atoms with Crippen molar-refractivity contribution in [1.82, 2.24) is 4.90 Å². The summed E-state index contributed by atoms with van der Waals surface area (Å²) in [6.45, 7) is 0.436. The van der Waals surface area contributed by atoms with Crippen molar-refractivity contribution < 1.29 is 13.9 Å². The molecule has 0 bridgehead atoms. The summed E-state index contributed by atoms with van der Waals surface area (Å²) in [5.41, 5.74) is 6.39. The molecule has 5 heteroatoms. The average Bonchev–Trinajstić information content (AvgIpc) is 2.68. The highest BCUT2D eigenvalue weighted by atomic mass is 19.1. The first-order valence-electron chi connectivity index (χ1n) is 5.52. The number of rotatable bonds is 2. The number of carbonyl (C=O) groups is 1. The van der Waals surface area contributed by atoms with Crippen LogP contribution in [0.4, 0.5) is 9.18 Å². The molecule has 17 heavy (non-hydrogen) atoms. The SMILES string of the molecule is N[C@@H]1CN(C(=O)OCc2ccccc2)C[C@@H]1F. The number of nitrogens with two attached hydrogens (primary N) is 1. The maximum atomic E-state index is 13.1. The molecular formula is C12H15FN2O2. The Morgan fingerprint density at radius 3 is 2.71 bits per heavy atom. The number of nitrogens with zero attached hydrogens (tertiary/aromatic N) is 1. The van der Waals surface area contributed by atoms with E-state index in [0.29, 0.717) is 0 Å². The highest BCUT2D eigenvalue weighted by molar-refractivity contribution is 5.68. The van der Waals surface area contributed by atoms with Crippen molar-refractivity contribution in [3.63, 3.8) is 0 Å². The van der Waals surface area contributed by atoms with Gasteiger partial charge in [0.15, 0.2) is 0 Å². The van der Waals surface area contributed by atoms with Crippen molar-refractivity contribution in [3.05, 3.63) is 35.9 Å². The molecule has 1 saturated heterocycles. The number of amides is 1. The van der Waals surface area contributed by atoms with E-state index < -0.39 is 18.3 Å². The zero-order valence-electron chi connectivity index (χ0n) is 9.38. The quantitative estimate of drug-likeness (QED) is 0.845. The molecule has 92 valence electrons. The average molecular weight is 238 g/mol. The molecule has 1 aliphatic rings. The summed E-state index contributed by atoms with van der Waals surface area (Å²) < 4.78 is 18.2. The van der Waals surface area contributed by atoms with E-state index >= 15 is 0 Å². The molecule has 1 amide bonds. The number of hydrogen-bond acceptors (Lipinski definition) is 3. The van der Waals surface area contributed by atoms with Crippen LogP contribution in [0, 0.1) is 0 Å². The van der Waals surface area contributed by atoms with Gasteiger partial charge >= 0.3 is 6.09 Å². The highest BCUT2D eigenvalue weighted by Gasteiger charge is 2.33. The van der Waals surface area contributed by atoms with Crippen molar-refractivity contribution in [2.24, 2.45) is 5.73 Å². The Morgan fingerprint density at radius 2 is 2.12 bits per heavy atom. The second kappa shape index (κ2) is 5.14. The minimum absolute atomic E-state index is 0.0226. The molecule has 1 fully saturated rings. The molecule has 0 aromatic heterocycles. The lowest BCUT2D eigenvalue weighted by Crippen LogP contribution is -2.32. The Balaban J connectivity index is 1.82. The van der Waals surface area contributed by atoms with Crippen LogP contribution < -0.4 is 5.73 Å². The Hall–Kier alpha value is -1.62. The molecule has 2 rings (SSSR count). The summed E-state index contributed by atoms with van der Waals surface area (Å²) >= 11 is 0. The molecule has 2 N–H and O–H groups in total. The minimum Gasteiger partial charge on any atom is -0.445 e. The zero-order valence-corrected chi connectivity index (χ0v) is 9.38. The third-order valence-corrected chi connectivity index (χ3v) is 2.75. The Labute approximate surface area is 99.2 Å². The Morgan fingerprint density at radius 1 is 1.41 bits per heavy atom. The van der Waals surface area contributed by atoms with Crippen LogP contribution in [0.25, 0.3) is 0 Å². The topological polar surface area (TPSA) is 55.6 Å². The fourth-order valence-corrected chi connectivity index (χ4v) is 1.75. The van der Waals surface area contributed by atoms with Crippen molar-refractivity contribution >= 4 is 6.09 Å². The monoisotopic (exact) mass is 238 g/mol. The van der Waals surface area contributed by atoms with Crippen molar-refractivity contribution in [2.45, 2.75) is 18.8 Å². The first kappa shape index (κ1) is 11.9. The molecule has 0 spiro atoms. The minimum atomic E-state index is -1.15. The number of likely N-dealkylation sites (tertiary alicyclic amines) is 1. The highest BCUT2D eigenvalue weighted by Crippen LogP contribution is 2.13. The van der Waals surface area contributed by atoms with Gasteiger partial charge in [0, 0.05) is 6.54 Å². The van der Waals surface area contributed by atoms with Gasteiger partial charge < -0.3 is 15.4 Å². The number of benzene rings is 1. The van der Waals surface area contributed by atoms with Crippen LogP contribution in [0.15, 0.2) is 30.3 Å². The Kier molecular flexibility index (Phi) is 3.58. The normalized spacial score (nSPS) is 23.8. The smallest absolute Gasteiger partial charge is 0.410 e. The van der Waals surface area contributed by atoms with Gasteiger partial charge in [-0.25, -0.2) is 9.18 Å². The van der Waals surface area contributed by atoms with E-state index in [1.54, 1.807) is 0 Å². The summed E-state index contributed by atoms with van der Waals surface area (Å²) in [5, 5.41) is 0. The van der Waals surface area contributed by atoms with Crippen LogP contribution in [0.1, 0.15) is 5.56 Å². The van der Waals surface area contributed by atoms with Crippen LogP contribution in [0.5, 0.6) is 0 Å². The summed E-state index contributed by atoms with van der Waals surface area (Å²) in [7, 11) is 0. The maximum Gasteiger partial charge on any atom is 0.410 e. The van der Waals surface area contributed by atoms with Gasteiger partial charge in [-0.15, -0.1) is 0 Å². The summed E-state index contributed by atoms with van der Waals surface area (Å²) in [6, 6.07) is 8.75. The zero-order chi connectivity index (χ0) is 12.3. The second-order valence-corrected chi connectivity index (χ2v) is 4.13. The van der Waals surface area contributed by atoms with Crippen molar-refractivity contribution in [1.29, 1.82) is 0 Å². The van der Waals surface area contributed by atoms with Crippen LogP contribution in [-0.4, -0.2) is 36.3 Å². The predicted octanol–water partition coefficient (Wildman–Crippen LogP) is 1.30. The van der Waals surface area contributed by atoms with Gasteiger partial charge in [-0.2, -0.15) is 0 Å². The lowest BCUT2D eigenvalue weighted by Gasteiger charge is -2.15. The molecular weight excluding hydrogens is 223 g/mol. The molecule has 4 nitrogen and oxygen atoms in total. The van der Waals surface area contributed by atoms with Crippen LogP contribution in [-0.2, 0) is 11.3 Å². The standard InChI is InChI=1S/C12H15FN2O2/c13-10-6-15(7-11(10)14)12(16)17-8-9-4-2-1-3-5-9/h1-5,10-11H,6-8,14H2/t10-,11+/m0/s1. The van der Waals surface area contributed by atoms with E-state index in [4.69, 9.17) is 10.5 Å². The van der Waals surface area contributed by atoms with Crippen LogP contribution in [0.3, 0.4) is 0 Å². The van der Waals surface area contributed by atoms with Crippen LogP contribution >= 0.6 is 0 Å². The van der Waals surface area contributed by atoms with Crippen molar-refractivity contribution in [2.75, 3.05) is 13.1 Å². The van der Waals surface area contributed by atoms with Gasteiger partial charge in [0.2, 0.25) is 0 Å². The summed E-state index contributed by atoms with van der Waals surface area (Å²) in [6.07, 6.45) is -1.66. The first-order chi connectivity index (χ1) is 8.16. The summed E-state index contributed by atoms with van der Waals surface area (Å²) in [4.78, 5) is 12.9. The van der Waals surface area contributed by atoms with E-state index in [1.807, 2.05) is 30.3 Å². The van der Waals surface area contributed by atoms with E-state index in [9.17, 15) is 9.18 Å². The first-order valence-corrected chi connectivity index (χ1v) is 5.52. The van der Waals surface area contributed by atoms with E-state index in [2.05, 4.69) is 0 Å². The molecule has 1 aromatic carbocycles. The second-order valence-electron chi connectivity index (χ2n) is 4.13. The molecule has 1 aliphatic heterocycles. The molecule has 1 heterocycles. The van der Waals surface area contributed by atoms with Gasteiger partial charge in [-0.3, -0.25) is 0 Å². The lowest BCUT2D eigenvalue weighted by molar-refractivity contribution is 0.102. The van der Waals surface area contributed by atoms with Gasteiger partial charge in [0.1, 0.15) is 12.8 Å². The number of ether oxygens (including phenoxy) is 1. The Bertz CT molecular complexity index is 375. The van der Waals surface area contributed by atoms with Gasteiger partial charge in [-0.05, 0) is 5.56 Å². The molecule has 1 aromatic rings. The molecule has 0 radical (unpaired) electrons. The van der Waals surface area contributed by atoms with E-state index in [-0.39, 0.29) is 19.7 Å². The molecule has 0 aliphatic carbocycles. The maximum absolute atomic E-state index is 13.1. The summed E-state index contributed by atoms with van der Waals surface area (Å²) in [5.74, 6) is 0. The fraction of sp³-hybridized carbons (Fsp3) is 0.417. The number of carbonyl (C=O) groups excluding carboxylic acids is 1. The number of hydrogen-bond donors (Lipinski definition) is 1. The third-order valence-electron chi connectivity index (χ3n) is 2.75. The van der Waals surface area contributed by atoms with E-state index in [1.165, 1.54) is 4.90 Å². The number of alkyl halides is 1. The molecule has 2 atom stereocenters. The van der Waals surface area contributed by atoms with Gasteiger partial charge in [0.25, 0.3) is 0 Å². The molecule has 0 unspecified atom stereocenters. The van der Waals surface area contributed by atoms with Gasteiger partial charge in [0.05, 0.1) is 12.6 Å². The third kappa shape index (κ3) is 2.94. The fourth-order valence-electron chi connectivity index (χ4n) is 1.75. The lowest BCUT2D eigenvalue weighted by atomic mass is 10.2. The van der Waals surface area contributed by atoms with E-state index in [0.717, 1.165) is 5.56 Å². The largest absolute Gasteiger partial charge is 0.445 e. The van der Waals surface area contributed by atoms with Gasteiger partial charge in [-0.1, -0.05) is 30.3 Å². The van der Waals surface area contributed by atoms with Crippen LogP contribution in [0.2, 0.25) is 0 Å². The predicted molar refractivity (Wildman–Crippen MR) is 61.1 cm³/mol.